The molecule has 4 N–H and O–H groups in total. The van der Waals surface area contributed by atoms with Crippen molar-refractivity contribution in [2.75, 3.05) is 13.7 Å². The van der Waals surface area contributed by atoms with Crippen LogP contribution in [-0.4, -0.2) is 63.3 Å². The second-order valence-electron chi connectivity index (χ2n) is 7.23. The fraction of sp³-hybridized carbons (Fsp3) is 0.444. The first-order valence-corrected chi connectivity index (χ1v) is 11.5. The van der Waals surface area contributed by atoms with Crippen LogP contribution in [0.5, 0.6) is 0 Å². The monoisotopic (exact) mass is 570 g/mol. The van der Waals surface area contributed by atoms with Gasteiger partial charge in [-0.25, -0.2) is 15.5 Å². The minimum atomic E-state index is -4.56. The summed E-state index contributed by atoms with van der Waals surface area (Å²) in [5.74, 6) is 6.54. The second-order valence-corrected chi connectivity index (χ2v) is 9.65. The molecule has 2 aliphatic rings. The van der Waals surface area contributed by atoms with Gasteiger partial charge in [0, 0.05) is 28.9 Å². The summed E-state index contributed by atoms with van der Waals surface area (Å²) < 4.78 is 57.7. The zero-order valence-electron chi connectivity index (χ0n) is 16.9. The molecule has 0 amide bonds. The number of alkyl halides is 3. The lowest BCUT2D eigenvalue weighted by molar-refractivity contribution is -0.272. The maximum absolute atomic E-state index is 13.0. The van der Waals surface area contributed by atoms with E-state index >= 15 is 0 Å². The summed E-state index contributed by atoms with van der Waals surface area (Å²) in [5, 5.41) is 5.66. The normalized spacial score (nSPS) is 27.7. The van der Waals surface area contributed by atoms with E-state index in [1.54, 1.807) is 12.3 Å². The number of rotatable bonds is 6. The molecular formula is C18H19BrClF3N6O3S. The third-order valence-electron chi connectivity index (χ3n) is 5.13. The Hall–Kier alpha value is -1.55. The molecule has 0 spiro atoms. The lowest BCUT2D eigenvalue weighted by atomic mass is 9.93. The van der Waals surface area contributed by atoms with Crippen molar-refractivity contribution in [1.29, 1.82) is 0 Å². The van der Waals surface area contributed by atoms with E-state index in [4.69, 9.17) is 37.4 Å². The lowest BCUT2D eigenvalue weighted by Gasteiger charge is -2.53. The van der Waals surface area contributed by atoms with E-state index < -0.39 is 29.5 Å². The SMILES string of the molecule is COC1C(Sc2cnc(C(F)(F)F)c(Br)c2)OC2COC2C1N(N)/C=C(\N)n1ccc(Cl)n1. The largest absolute Gasteiger partial charge is 0.434 e. The molecular weight excluding hydrogens is 553 g/mol. The molecule has 2 aromatic heterocycles. The molecule has 0 aromatic carbocycles. The van der Waals surface area contributed by atoms with Crippen LogP contribution in [0.25, 0.3) is 5.82 Å². The number of ether oxygens (including phenoxy) is 3. The predicted molar refractivity (Wildman–Crippen MR) is 118 cm³/mol. The first kappa shape index (κ1) is 24.6. The van der Waals surface area contributed by atoms with Gasteiger partial charge in [0.05, 0.1) is 12.8 Å². The van der Waals surface area contributed by atoms with Crippen LogP contribution < -0.4 is 11.6 Å². The summed E-state index contributed by atoms with van der Waals surface area (Å²) in [6.07, 6.45) is -1.65. The molecule has 0 aliphatic carbocycles. The van der Waals surface area contributed by atoms with Gasteiger partial charge in [-0.2, -0.15) is 18.3 Å². The van der Waals surface area contributed by atoms with E-state index in [9.17, 15) is 13.2 Å². The number of nitrogens with two attached hydrogens (primary N) is 2. The summed E-state index contributed by atoms with van der Waals surface area (Å²) in [6, 6.07) is 2.41. The second kappa shape index (κ2) is 9.60. The first-order chi connectivity index (χ1) is 15.6. The van der Waals surface area contributed by atoms with Gasteiger partial charge < -0.3 is 25.0 Å². The van der Waals surface area contributed by atoms with E-state index in [1.165, 1.54) is 40.8 Å². The van der Waals surface area contributed by atoms with Crippen molar-refractivity contribution in [3.05, 3.63) is 46.0 Å². The van der Waals surface area contributed by atoms with E-state index in [1.807, 2.05) is 0 Å². The Morgan fingerprint density at radius 2 is 2.24 bits per heavy atom. The van der Waals surface area contributed by atoms with E-state index in [0.29, 0.717) is 11.5 Å². The van der Waals surface area contributed by atoms with Gasteiger partial charge >= 0.3 is 6.18 Å². The van der Waals surface area contributed by atoms with Gasteiger partial charge in [-0.05, 0) is 28.1 Å². The molecule has 4 heterocycles. The number of hydrazine groups is 1. The van der Waals surface area contributed by atoms with Gasteiger partial charge in [-0.1, -0.05) is 23.4 Å². The summed E-state index contributed by atoms with van der Waals surface area (Å²) >= 11 is 9.96. The summed E-state index contributed by atoms with van der Waals surface area (Å²) in [4.78, 5) is 4.01. The molecule has 0 bridgehead atoms. The molecule has 5 unspecified atom stereocenters. The van der Waals surface area contributed by atoms with Crippen molar-refractivity contribution in [2.45, 2.75) is 40.9 Å². The fourth-order valence-electron chi connectivity index (χ4n) is 3.57. The minimum absolute atomic E-state index is 0.166. The standard InChI is InChI=1S/C18H19BrClF3N6O3S/c1-30-15-13(28(25)6-12(24)29-3-2-11(20)27-29)14-10(7-31-14)32-17(15)33-8-4-9(19)16(26-5-8)18(21,22)23/h2-6,10,13-15,17H,7,24-25H2,1H3/b12-6+. The summed E-state index contributed by atoms with van der Waals surface area (Å²) in [6.45, 7) is 0.353. The van der Waals surface area contributed by atoms with Crippen molar-refractivity contribution in [1.82, 2.24) is 19.8 Å². The highest BCUT2D eigenvalue weighted by Gasteiger charge is 2.53. The van der Waals surface area contributed by atoms with E-state index in [-0.39, 0.29) is 27.7 Å². The van der Waals surface area contributed by atoms with Crippen LogP contribution in [0.2, 0.25) is 5.15 Å². The van der Waals surface area contributed by atoms with Crippen LogP contribution in [0.1, 0.15) is 5.69 Å². The lowest BCUT2D eigenvalue weighted by Crippen LogP contribution is -2.70. The van der Waals surface area contributed by atoms with Crippen LogP contribution in [-0.2, 0) is 20.4 Å². The summed E-state index contributed by atoms with van der Waals surface area (Å²) in [7, 11) is 1.49. The maximum atomic E-state index is 13.0. The van der Waals surface area contributed by atoms with Crippen LogP contribution in [0, 0.1) is 0 Å². The summed E-state index contributed by atoms with van der Waals surface area (Å²) in [5.41, 5.74) is 4.48. The van der Waals surface area contributed by atoms with Crippen LogP contribution in [0.15, 0.2) is 40.1 Å². The zero-order valence-corrected chi connectivity index (χ0v) is 20.1. The number of hydrogen-bond acceptors (Lipinski definition) is 9. The number of methoxy groups -OCH3 is 1. The zero-order chi connectivity index (χ0) is 23.9. The van der Waals surface area contributed by atoms with Crippen molar-refractivity contribution in [3.8, 4) is 0 Å². The molecule has 180 valence electrons. The maximum Gasteiger partial charge on any atom is 0.434 e. The molecule has 0 radical (unpaired) electrons. The Bertz CT molecular complexity index is 1040. The van der Waals surface area contributed by atoms with Crippen molar-refractivity contribution >= 4 is 45.1 Å². The number of halogens is 5. The van der Waals surface area contributed by atoms with Crippen LogP contribution in [0.4, 0.5) is 13.2 Å². The molecule has 4 rings (SSSR count). The number of fused-ring (bicyclic) bond motifs is 1. The molecule has 2 fully saturated rings. The number of aromatic nitrogens is 3. The molecule has 2 saturated heterocycles. The Labute approximate surface area is 204 Å². The Balaban J connectivity index is 1.56. The minimum Gasteiger partial charge on any atom is -0.382 e. The molecule has 0 saturated carbocycles. The van der Waals surface area contributed by atoms with Crippen molar-refractivity contribution < 1.29 is 27.4 Å². The highest BCUT2D eigenvalue weighted by molar-refractivity contribution is 9.10. The van der Waals surface area contributed by atoms with Crippen LogP contribution >= 0.6 is 39.3 Å². The number of nitrogens with zero attached hydrogens (tertiary/aromatic N) is 4. The smallest absolute Gasteiger partial charge is 0.382 e. The molecule has 2 aromatic rings. The average Bonchev–Trinajstić information content (AvgIpc) is 3.15. The van der Waals surface area contributed by atoms with Gasteiger partial charge in [0.1, 0.15) is 35.6 Å². The van der Waals surface area contributed by atoms with Crippen LogP contribution in [0.3, 0.4) is 0 Å². The third-order valence-corrected chi connectivity index (χ3v) is 7.04. The molecule has 5 atom stereocenters. The van der Waals surface area contributed by atoms with Gasteiger partial charge in [0.2, 0.25) is 0 Å². The molecule has 15 heteroatoms. The first-order valence-electron chi connectivity index (χ1n) is 9.49. The molecule has 2 aliphatic heterocycles. The average molecular weight is 572 g/mol. The predicted octanol–water partition coefficient (Wildman–Crippen LogP) is 2.90. The van der Waals surface area contributed by atoms with E-state index in [2.05, 4.69) is 26.0 Å². The van der Waals surface area contributed by atoms with Gasteiger partial charge in [-0.15, -0.1) is 0 Å². The molecule has 33 heavy (non-hydrogen) atoms. The highest BCUT2D eigenvalue weighted by atomic mass is 79.9. The van der Waals surface area contributed by atoms with E-state index in [0.717, 1.165) is 6.20 Å². The molecule has 9 nitrogen and oxygen atoms in total. The number of hydrogen-bond donors (Lipinski definition) is 2. The van der Waals surface area contributed by atoms with Gasteiger partial charge in [-0.3, -0.25) is 0 Å². The Morgan fingerprint density at radius 3 is 2.79 bits per heavy atom. The third kappa shape index (κ3) is 5.11. The van der Waals surface area contributed by atoms with Gasteiger partial charge in [0.25, 0.3) is 0 Å². The fourth-order valence-corrected chi connectivity index (χ4v) is 5.61. The van der Waals surface area contributed by atoms with Crippen molar-refractivity contribution in [3.63, 3.8) is 0 Å². The quantitative estimate of drug-likeness (QED) is 0.399. The topological polar surface area (TPSA) is 114 Å². The Kier molecular flexibility index (Phi) is 7.15. The number of pyridine rings is 1. The highest BCUT2D eigenvalue weighted by Crippen LogP contribution is 2.42. The van der Waals surface area contributed by atoms with Gasteiger partial charge in [0.15, 0.2) is 10.8 Å². The number of thioether (sulfide) groups is 1. The van der Waals surface area contributed by atoms with Crippen molar-refractivity contribution in [2.24, 2.45) is 11.6 Å². The Morgan fingerprint density at radius 1 is 1.48 bits per heavy atom.